The van der Waals surface area contributed by atoms with Crippen LogP contribution in [0.2, 0.25) is 5.02 Å². The summed E-state index contributed by atoms with van der Waals surface area (Å²) < 4.78 is 10.5. The molecule has 1 amide bonds. The third kappa shape index (κ3) is 5.75. The number of nitriles is 1. The summed E-state index contributed by atoms with van der Waals surface area (Å²) in [5.74, 6) is -0.676. The zero-order chi connectivity index (χ0) is 22.9. The molecule has 7 heteroatoms. The maximum absolute atomic E-state index is 12.6. The minimum atomic E-state index is -0.647. The topological polar surface area (TPSA) is 88.4 Å². The number of nitrogens with zero attached hydrogens (tertiary/aromatic N) is 1. The Kier molecular flexibility index (Phi) is 7.63. The third-order valence-corrected chi connectivity index (χ3v) is 4.84. The summed E-state index contributed by atoms with van der Waals surface area (Å²) in [6.07, 6.45) is 1.44. The number of esters is 1. The Morgan fingerprint density at radius 1 is 1.06 bits per heavy atom. The van der Waals surface area contributed by atoms with Crippen LogP contribution in [0.25, 0.3) is 6.08 Å². The van der Waals surface area contributed by atoms with Gasteiger partial charge in [0.05, 0.1) is 18.4 Å². The summed E-state index contributed by atoms with van der Waals surface area (Å²) in [5.41, 5.74) is 1.76. The Balaban J connectivity index is 1.76. The van der Waals surface area contributed by atoms with Crippen LogP contribution in [0, 0.1) is 11.3 Å². The SMILES string of the molecule is COC(=O)c1ccccc1NC(=O)/C(C#N)=C/c1cccc(OCc2ccccc2Cl)c1. The van der Waals surface area contributed by atoms with Gasteiger partial charge in [-0.1, -0.05) is 54.1 Å². The Morgan fingerprint density at radius 3 is 2.56 bits per heavy atom. The summed E-state index contributed by atoms with van der Waals surface area (Å²) in [6, 6.07) is 22.7. The minimum absolute atomic E-state index is 0.132. The average Bonchev–Trinajstić information content (AvgIpc) is 2.82. The number of amides is 1. The fourth-order valence-corrected chi connectivity index (χ4v) is 3.05. The highest BCUT2D eigenvalue weighted by Gasteiger charge is 2.16. The van der Waals surface area contributed by atoms with Gasteiger partial charge in [0.25, 0.3) is 5.91 Å². The lowest BCUT2D eigenvalue weighted by molar-refractivity contribution is -0.112. The lowest BCUT2D eigenvalue weighted by Crippen LogP contribution is -2.16. The van der Waals surface area contributed by atoms with Gasteiger partial charge in [0, 0.05) is 10.6 Å². The van der Waals surface area contributed by atoms with Gasteiger partial charge in [-0.3, -0.25) is 4.79 Å². The molecule has 0 fully saturated rings. The summed E-state index contributed by atoms with van der Waals surface area (Å²) in [4.78, 5) is 24.5. The van der Waals surface area contributed by atoms with E-state index >= 15 is 0 Å². The number of para-hydroxylation sites is 1. The number of carbonyl (C=O) groups excluding carboxylic acids is 2. The van der Waals surface area contributed by atoms with Crippen molar-refractivity contribution in [3.63, 3.8) is 0 Å². The molecule has 6 nitrogen and oxygen atoms in total. The van der Waals surface area contributed by atoms with E-state index in [9.17, 15) is 14.9 Å². The van der Waals surface area contributed by atoms with E-state index in [-0.39, 0.29) is 23.4 Å². The summed E-state index contributed by atoms with van der Waals surface area (Å²) in [7, 11) is 1.25. The van der Waals surface area contributed by atoms with Crippen LogP contribution in [-0.4, -0.2) is 19.0 Å². The normalized spacial score (nSPS) is 10.7. The van der Waals surface area contributed by atoms with Gasteiger partial charge >= 0.3 is 5.97 Å². The number of nitrogens with one attached hydrogen (secondary N) is 1. The van der Waals surface area contributed by atoms with Crippen LogP contribution in [0.5, 0.6) is 5.75 Å². The predicted molar refractivity (Wildman–Crippen MR) is 122 cm³/mol. The molecule has 0 aliphatic carbocycles. The average molecular weight is 447 g/mol. The third-order valence-electron chi connectivity index (χ3n) is 4.47. The van der Waals surface area contributed by atoms with Crippen LogP contribution >= 0.6 is 11.6 Å². The first-order chi connectivity index (χ1) is 15.5. The van der Waals surface area contributed by atoms with Crippen molar-refractivity contribution in [1.29, 1.82) is 5.26 Å². The first-order valence-electron chi connectivity index (χ1n) is 9.58. The van der Waals surface area contributed by atoms with E-state index in [4.69, 9.17) is 21.1 Å². The first-order valence-corrected chi connectivity index (χ1v) is 9.96. The number of anilines is 1. The molecule has 0 atom stereocenters. The van der Waals surface area contributed by atoms with Crippen molar-refractivity contribution < 1.29 is 19.1 Å². The Morgan fingerprint density at radius 2 is 1.81 bits per heavy atom. The van der Waals surface area contributed by atoms with Gasteiger partial charge in [-0.05, 0) is 42.0 Å². The number of carbonyl (C=O) groups is 2. The lowest BCUT2D eigenvalue weighted by atomic mass is 10.1. The highest BCUT2D eigenvalue weighted by atomic mass is 35.5. The Bertz CT molecular complexity index is 1210. The van der Waals surface area contributed by atoms with Gasteiger partial charge in [-0.15, -0.1) is 0 Å². The number of rotatable bonds is 7. The van der Waals surface area contributed by atoms with E-state index in [1.165, 1.54) is 19.3 Å². The molecular weight excluding hydrogens is 428 g/mol. The van der Waals surface area contributed by atoms with Crippen LogP contribution in [0.4, 0.5) is 5.69 Å². The smallest absolute Gasteiger partial charge is 0.339 e. The van der Waals surface area contributed by atoms with Crippen molar-refractivity contribution >= 4 is 35.2 Å². The maximum Gasteiger partial charge on any atom is 0.339 e. The molecule has 3 aromatic rings. The van der Waals surface area contributed by atoms with Gasteiger partial charge in [-0.2, -0.15) is 5.26 Å². The minimum Gasteiger partial charge on any atom is -0.489 e. The van der Waals surface area contributed by atoms with E-state index in [0.717, 1.165) is 5.56 Å². The van der Waals surface area contributed by atoms with Crippen LogP contribution < -0.4 is 10.1 Å². The van der Waals surface area contributed by atoms with E-state index in [1.807, 2.05) is 24.3 Å². The molecule has 3 aromatic carbocycles. The Labute approximate surface area is 190 Å². The van der Waals surface area contributed by atoms with Gasteiger partial charge in [-0.25, -0.2) is 4.79 Å². The summed E-state index contributed by atoms with van der Waals surface area (Å²) in [5, 5.41) is 12.7. The quantitative estimate of drug-likeness (QED) is 0.304. The van der Waals surface area contributed by atoms with Crippen molar-refractivity contribution in [3.8, 4) is 11.8 Å². The van der Waals surface area contributed by atoms with Crippen LogP contribution in [-0.2, 0) is 16.1 Å². The standard InChI is InChI=1S/C25H19ClN2O4/c1-31-25(30)21-10-3-5-12-23(21)28-24(29)19(15-27)13-17-7-6-9-20(14-17)32-16-18-8-2-4-11-22(18)26/h2-14H,16H2,1H3,(H,28,29)/b19-13+. The van der Waals surface area contributed by atoms with E-state index in [1.54, 1.807) is 48.5 Å². The Hall–Kier alpha value is -4.08. The van der Waals surface area contributed by atoms with Gasteiger partial charge in [0.15, 0.2) is 0 Å². The van der Waals surface area contributed by atoms with E-state index in [2.05, 4.69) is 5.32 Å². The zero-order valence-corrected chi connectivity index (χ0v) is 17.9. The summed E-state index contributed by atoms with van der Waals surface area (Å²) >= 11 is 6.15. The van der Waals surface area contributed by atoms with Crippen LogP contribution in [0.15, 0.2) is 78.4 Å². The van der Waals surface area contributed by atoms with Crippen molar-refractivity contribution in [2.75, 3.05) is 12.4 Å². The fourth-order valence-electron chi connectivity index (χ4n) is 2.86. The predicted octanol–water partition coefficient (Wildman–Crippen LogP) is 5.25. The second-order valence-electron chi connectivity index (χ2n) is 6.61. The van der Waals surface area contributed by atoms with Crippen molar-refractivity contribution in [1.82, 2.24) is 0 Å². The molecule has 0 saturated heterocycles. The lowest BCUT2D eigenvalue weighted by Gasteiger charge is -2.10. The van der Waals surface area contributed by atoms with Crippen molar-refractivity contribution in [3.05, 3.63) is 100 Å². The number of benzene rings is 3. The molecule has 3 rings (SSSR count). The molecular formula is C25H19ClN2O4. The number of methoxy groups -OCH3 is 1. The molecule has 0 aromatic heterocycles. The van der Waals surface area contributed by atoms with Gasteiger partial charge in [0.1, 0.15) is 24.0 Å². The van der Waals surface area contributed by atoms with Gasteiger partial charge < -0.3 is 14.8 Å². The zero-order valence-electron chi connectivity index (χ0n) is 17.2. The maximum atomic E-state index is 12.6. The van der Waals surface area contributed by atoms with Crippen molar-refractivity contribution in [2.45, 2.75) is 6.61 Å². The molecule has 32 heavy (non-hydrogen) atoms. The largest absolute Gasteiger partial charge is 0.489 e. The molecule has 1 N–H and O–H groups in total. The number of hydrogen-bond acceptors (Lipinski definition) is 5. The van der Waals surface area contributed by atoms with Crippen molar-refractivity contribution in [2.24, 2.45) is 0 Å². The molecule has 0 aliphatic heterocycles. The molecule has 0 aliphatic rings. The molecule has 160 valence electrons. The molecule has 0 bridgehead atoms. The van der Waals surface area contributed by atoms with Gasteiger partial charge in [0.2, 0.25) is 0 Å². The number of ether oxygens (including phenoxy) is 2. The van der Waals surface area contributed by atoms with E-state index in [0.29, 0.717) is 16.3 Å². The highest BCUT2D eigenvalue weighted by molar-refractivity contribution is 6.31. The second kappa shape index (κ2) is 10.8. The fraction of sp³-hybridized carbons (Fsp3) is 0.0800. The van der Waals surface area contributed by atoms with E-state index < -0.39 is 11.9 Å². The second-order valence-corrected chi connectivity index (χ2v) is 7.02. The molecule has 0 saturated carbocycles. The molecule has 0 heterocycles. The first kappa shape index (κ1) is 22.6. The number of halogens is 1. The monoisotopic (exact) mass is 446 g/mol. The highest BCUT2D eigenvalue weighted by Crippen LogP contribution is 2.21. The van der Waals surface area contributed by atoms with Crippen LogP contribution in [0.1, 0.15) is 21.5 Å². The van der Waals surface area contributed by atoms with Crippen LogP contribution in [0.3, 0.4) is 0 Å². The number of hydrogen-bond donors (Lipinski definition) is 1. The molecule has 0 unspecified atom stereocenters. The summed E-state index contributed by atoms with van der Waals surface area (Å²) in [6.45, 7) is 0.281. The molecule has 0 spiro atoms. The molecule has 0 radical (unpaired) electrons.